The number of methoxy groups -OCH3 is 1. The smallest absolute Gasteiger partial charge is 0.249 e. The predicted molar refractivity (Wildman–Crippen MR) is 76.9 cm³/mol. The van der Waals surface area contributed by atoms with Crippen molar-refractivity contribution >= 4 is 33.7 Å². The molecule has 2 aromatic rings. The van der Waals surface area contributed by atoms with Gasteiger partial charge in [-0.2, -0.15) is 5.10 Å². The Labute approximate surface area is 118 Å². The van der Waals surface area contributed by atoms with Crippen molar-refractivity contribution in [2.45, 2.75) is 0 Å². The van der Waals surface area contributed by atoms with Crippen molar-refractivity contribution in [3.8, 4) is 5.75 Å². The standard InChI is InChI=1S/C13H12BrN3O2/c1-19-11-4-3-10(14)8-9(11)2-5-13(18)16-12-6-7-15-17-12/h2-8H,1H3,(H2,15,16,17,18)/b5-2+. The monoisotopic (exact) mass is 321 g/mol. The number of hydrogen-bond acceptors (Lipinski definition) is 3. The fourth-order valence-corrected chi connectivity index (χ4v) is 1.88. The molecule has 0 saturated carbocycles. The number of hydrogen-bond donors (Lipinski definition) is 2. The number of nitrogens with zero attached hydrogens (tertiary/aromatic N) is 1. The van der Waals surface area contributed by atoms with Gasteiger partial charge in [0.15, 0.2) is 0 Å². The second kappa shape index (κ2) is 6.19. The van der Waals surface area contributed by atoms with Crippen LogP contribution in [0.2, 0.25) is 0 Å². The lowest BCUT2D eigenvalue weighted by Crippen LogP contribution is -2.07. The molecule has 2 N–H and O–H groups in total. The minimum Gasteiger partial charge on any atom is -0.496 e. The molecule has 1 amide bonds. The Bertz CT molecular complexity index is 594. The third-order valence-corrected chi connectivity index (χ3v) is 2.86. The number of rotatable bonds is 4. The van der Waals surface area contributed by atoms with Gasteiger partial charge in [-0.05, 0) is 24.3 Å². The molecule has 0 spiro atoms. The lowest BCUT2D eigenvalue weighted by molar-refractivity contribution is -0.111. The summed E-state index contributed by atoms with van der Waals surface area (Å²) in [5, 5.41) is 9.04. The number of aromatic amines is 1. The van der Waals surface area contributed by atoms with E-state index in [9.17, 15) is 4.79 Å². The van der Waals surface area contributed by atoms with Gasteiger partial charge in [0.2, 0.25) is 5.91 Å². The minimum atomic E-state index is -0.244. The molecule has 0 aliphatic carbocycles. The summed E-state index contributed by atoms with van der Waals surface area (Å²) in [5.74, 6) is 1.01. The van der Waals surface area contributed by atoms with Crippen LogP contribution in [0.5, 0.6) is 5.75 Å². The molecule has 1 aromatic heterocycles. The molecular weight excluding hydrogens is 310 g/mol. The summed E-state index contributed by atoms with van der Waals surface area (Å²) < 4.78 is 6.14. The summed E-state index contributed by atoms with van der Waals surface area (Å²) in [6.07, 6.45) is 4.69. The topological polar surface area (TPSA) is 67.0 Å². The number of benzene rings is 1. The minimum absolute atomic E-state index is 0.244. The normalized spacial score (nSPS) is 10.6. The van der Waals surface area contributed by atoms with Gasteiger partial charge in [-0.3, -0.25) is 9.89 Å². The summed E-state index contributed by atoms with van der Waals surface area (Å²) in [5.41, 5.74) is 0.816. The van der Waals surface area contributed by atoms with Crippen molar-refractivity contribution in [3.05, 3.63) is 46.6 Å². The molecule has 6 heteroatoms. The first-order valence-corrected chi connectivity index (χ1v) is 6.30. The van der Waals surface area contributed by atoms with E-state index in [-0.39, 0.29) is 5.91 Å². The van der Waals surface area contributed by atoms with E-state index < -0.39 is 0 Å². The molecule has 0 aliphatic rings. The Kier molecular flexibility index (Phi) is 4.35. The van der Waals surface area contributed by atoms with Crippen molar-refractivity contribution in [2.24, 2.45) is 0 Å². The lowest BCUT2D eigenvalue weighted by atomic mass is 10.2. The van der Waals surface area contributed by atoms with Crippen LogP contribution in [0.1, 0.15) is 5.56 Å². The SMILES string of the molecule is COc1ccc(Br)cc1/C=C/C(=O)Nc1ccn[nH]1. The van der Waals surface area contributed by atoms with Crippen LogP contribution in [0.4, 0.5) is 5.82 Å². The van der Waals surface area contributed by atoms with Crippen LogP contribution in [0.25, 0.3) is 6.08 Å². The van der Waals surface area contributed by atoms with E-state index in [0.29, 0.717) is 11.6 Å². The van der Waals surface area contributed by atoms with E-state index in [4.69, 9.17) is 4.74 Å². The van der Waals surface area contributed by atoms with E-state index in [0.717, 1.165) is 10.0 Å². The number of carbonyl (C=O) groups is 1. The fourth-order valence-electron chi connectivity index (χ4n) is 1.50. The van der Waals surface area contributed by atoms with Gasteiger partial charge < -0.3 is 10.1 Å². The van der Waals surface area contributed by atoms with Gasteiger partial charge in [0, 0.05) is 22.2 Å². The van der Waals surface area contributed by atoms with Crippen LogP contribution >= 0.6 is 15.9 Å². The molecule has 0 fully saturated rings. The highest BCUT2D eigenvalue weighted by Gasteiger charge is 2.02. The maximum Gasteiger partial charge on any atom is 0.249 e. The second-order valence-corrected chi connectivity index (χ2v) is 4.59. The van der Waals surface area contributed by atoms with E-state index in [1.54, 1.807) is 25.4 Å². The molecule has 0 unspecified atom stereocenters. The van der Waals surface area contributed by atoms with Gasteiger partial charge in [-0.15, -0.1) is 0 Å². The lowest BCUT2D eigenvalue weighted by Gasteiger charge is -2.04. The summed E-state index contributed by atoms with van der Waals surface area (Å²) in [7, 11) is 1.59. The highest BCUT2D eigenvalue weighted by atomic mass is 79.9. The summed E-state index contributed by atoms with van der Waals surface area (Å²) in [4.78, 5) is 11.7. The second-order valence-electron chi connectivity index (χ2n) is 3.68. The van der Waals surface area contributed by atoms with Gasteiger partial charge >= 0.3 is 0 Å². The molecule has 19 heavy (non-hydrogen) atoms. The average molecular weight is 322 g/mol. The zero-order valence-electron chi connectivity index (χ0n) is 10.2. The predicted octanol–water partition coefficient (Wildman–Crippen LogP) is 2.83. The third-order valence-electron chi connectivity index (χ3n) is 2.36. The maximum atomic E-state index is 11.7. The van der Waals surface area contributed by atoms with E-state index in [2.05, 4.69) is 31.4 Å². The Morgan fingerprint density at radius 2 is 2.32 bits per heavy atom. The number of ether oxygens (including phenoxy) is 1. The molecule has 0 bridgehead atoms. The molecule has 1 heterocycles. The van der Waals surface area contributed by atoms with Crippen LogP contribution in [0.3, 0.4) is 0 Å². The van der Waals surface area contributed by atoms with Crippen LogP contribution in [-0.4, -0.2) is 23.2 Å². The van der Waals surface area contributed by atoms with Crippen molar-refractivity contribution < 1.29 is 9.53 Å². The van der Waals surface area contributed by atoms with Crippen LogP contribution in [0.15, 0.2) is 41.0 Å². The highest BCUT2D eigenvalue weighted by molar-refractivity contribution is 9.10. The largest absolute Gasteiger partial charge is 0.496 e. The van der Waals surface area contributed by atoms with Gasteiger partial charge in [-0.25, -0.2) is 0 Å². The van der Waals surface area contributed by atoms with Crippen molar-refractivity contribution in [2.75, 3.05) is 12.4 Å². The average Bonchev–Trinajstić information content (AvgIpc) is 2.89. The molecule has 0 atom stereocenters. The number of carbonyl (C=O) groups excluding carboxylic acids is 1. The summed E-state index contributed by atoms with van der Waals surface area (Å²) >= 11 is 3.38. The maximum absolute atomic E-state index is 11.7. The molecule has 0 radical (unpaired) electrons. The molecule has 0 aliphatic heterocycles. The number of aromatic nitrogens is 2. The molecule has 0 saturated heterocycles. The number of nitrogens with one attached hydrogen (secondary N) is 2. The van der Waals surface area contributed by atoms with E-state index >= 15 is 0 Å². The number of anilines is 1. The third kappa shape index (κ3) is 3.69. The van der Waals surface area contributed by atoms with Gasteiger partial charge in [-0.1, -0.05) is 15.9 Å². The number of H-pyrrole nitrogens is 1. The molecular formula is C13H12BrN3O2. The van der Waals surface area contributed by atoms with Crippen molar-refractivity contribution in [1.82, 2.24) is 10.2 Å². The first kappa shape index (κ1) is 13.4. The zero-order chi connectivity index (χ0) is 13.7. The van der Waals surface area contributed by atoms with Crippen LogP contribution in [0, 0.1) is 0 Å². The van der Waals surface area contributed by atoms with E-state index in [1.165, 1.54) is 6.08 Å². The van der Waals surface area contributed by atoms with Crippen LogP contribution in [-0.2, 0) is 4.79 Å². The Balaban J connectivity index is 2.09. The summed E-state index contributed by atoms with van der Waals surface area (Å²) in [6.45, 7) is 0. The first-order chi connectivity index (χ1) is 9.19. The Morgan fingerprint density at radius 1 is 1.47 bits per heavy atom. The summed E-state index contributed by atoms with van der Waals surface area (Å²) in [6, 6.07) is 7.25. The fraction of sp³-hybridized carbons (Fsp3) is 0.0769. The highest BCUT2D eigenvalue weighted by Crippen LogP contribution is 2.24. The molecule has 2 rings (SSSR count). The van der Waals surface area contributed by atoms with Gasteiger partial charge in [0.05, 0.1) is 13.3 Å². The van der Waals surface area contributed by atoms with Crippen LogP contribution < -0.4 is 10.1 Å². The number of amides is 1. The molecule has 98 valence electrons. The Morgan fingerprint density at radius 3 is 3.00 bits per heavy atom. The van der Waals surface area contributed by atoms with Gasteiger partial charge in [0.25, 0.3) is 0 Å². The first-order valence-electron chi connectivity index (χ1n) is 5.51. The molecule has 5 nitrogen and oxygen atoms in total. The molecule has 1 aromatic carbocycles. The number of halogens is 1. The van der Waals surface area contributed by atoms with Crippen molar-refractivity contribution in [3.63, 3.8) is 0 Å². The van der Waals surface area contributed by atoms with Crippen molar-refractivity contribution in [1.29, 1.82) is 0 Å². The zero-order valence-corrected chi connectivity index (χ0v) is 11.8. The Hall–Kier alpha value is -2.08. The quantitative estimate of drug-likeness (QED) is 0.851. The van der Waals surface area contributed by atoms with Gasteiger partial charge in [0.1, 0.15) is 11.6 Å². The van der Waals surface area contributed by atoms with E-state index in [1.807, 2.05) is 18.2 Å².